The van der Waals surface area contributed by atoms with Gasteiger partial charge in [-0.05, 0) is 18.3 Å². The summed E-state index contributed by atoms with van der Waals surface area (Å²) in [6.45, 7) is 0.726. The summed E-state index contributed by atoms with van der Waals surface area (Å²) in [6, 6.07) is 0. The highest BCUT2D eigenvalue weighted by atomic mass is 16.5. The van der Waals surface area contributed by atoms with Crippen LogP contribution in [-0.4, -0.2) is 43.3 Å². The summed E-state index contributed by atoms with van der Waals surface area (Å²) in [4.78, 5) is 22.4. The molecule has 0 heterocycles. The van der Waals surface area contributed by atoms with Crippen LogP contribution in [0.2, 0.25) is 0 Å². The predicted octanol–water partition coefficient (Wildman–Crippen LogP) is 0.111. The van der Waals surface area contributed by atoms with Gasteiger partial charge in [0.05, 0.1) is 18.9 Å². The SMILES string of the molecule is COC(CN)CC(=O)NCC1(CC(=O)O)CCC1. The van der Waals surface area contributed by atoms with Crippen LogP contribution in [0.4, 0.5) is 0 Å². The molecular weight excluding hydrogens is 236 g/mol. The van der Waals surface area contributed by atoms with E-state index in [1.54, 1.807) is 0 Å². The molecule has 1 aliphatic carbocycles. The Bertz CT molecular complexity index is 298. The lowest BCUT2D eigenvalue weighted by molar-refractivity contribution is -0.142. The first-order chi connectivity index (χ1) is 8.51. The largest absolute Gasteiger partial charge is 0.481 e. The second-order valence-corrected chi connectivity index (χ2v) is 5.00. The van der Waals surface area contributed by atoms with Crippen LogP contribution in [0.15, 0.2) is 0 Å². The van der Waals surface area contributed by atoms with E-state index >= 15 is 0 Å². The van der Waals surface area contributed by atoms with Crippen LogP contribution in [-0.2, 0) is 14.3 Å². The van der Waals surface area contributed by atoms with Gasteiger partial charge in [0.25, 0.3) is 0 Å². The summed E-state index contributed by atoms with van der Waals surface area (Å²) < 4.78 is 5.03. The highest BCUT2D eigenvalue weighted by Crippen LogP contribution is 2.43. The molecule has 0 saturated heterocycles. The number of aliphatic carboxylic acids is 1. The standard InChI is InChI=1S/C12H22N2O4/c1-18-9(7-13)5-10(15)14-8-12(3-2-4-12)6-11(16)17/h9H,2-8,13H2,1H3,(H,14,15)(H,16,17). The Hall–Kier alpha value is -1.14. The third-order valence-electron chi connectivity index (χ3n) is 3.61. The average molecular weight is 258 g/mol. The van der Waals surface area contributed by atoms with Crippen molar-refractivity contribution in [1.29, 1.82) is 0 Å². The van der Waals surface area contributed by atoms with E-state index in [9.17, 15) is 9.59 Å². The van der Waals surface area contributed by atoms with Gasteiger partial charge in [-0.1, -0.05) is 6.42 Å². The molecule has 0 radical (unpaired) electrons. The molecule has 1 fully saturated rings. The van der Waals surface area contributed by atoms with Crippen LogP contribution < -0.4 is 11.1 Å². The van der Waals surface area contributed by atoms with E-state index in [4.69, 9.17) is 15.6 Å². The molecular formula is C12H22N2O4. The molecule has 4 N–H and O–H groups in total. The molecule has 6 nitrogen and oxygen atoms in total. The summed E-state index contributed by atoms with van der Waals surface area (Å²) in [5.74, 6) is -0.940. The van der Waals surface area contributed by atoms with E-state index in [0.717, 1.165) is 19.3 Å². The predicted molar refractivity (Wildman–Crippen MR) is 66.0 cm³/mol. The van der Waals surface area contributed by atoms with Gasteiger partial charge in [-0.25, -0.2) is 0 Å². The number of amides is 1. The second-order valence-electron chi connectivity index (χ2n) is 5.00. The first-order valence-electron chi connectivity index (χ1n) is 6.23. The van der Waals surface area contributed by atoms with Crippen molar-refractivity contribution < 1.29 is 19.4 Å². The van der Waals surface area contributed by atoms with Crippen LogP contribution in [0.3, 0.4) is 0 Å². The zero-order valence-electron chi connectivity index (χ0n) is 10.8. The van der Waals surface area contributed by atoms with Crippen LogP contribution in [0.5, 0.6) is 0 Å². The van der Waals surface area contributed by atoms with Crippen LogP contribution in [0, 0.1) is 5.41 Å². The lowest BCUT2D eigenvalue weighted by Gasteiger charge is -2.40. The van der Waals surface area contributed by atoms with Gasteiger partial charge in [-0.2, -0.15) is 0 Å². The van der Waals surface area contributed by atoms with Crippen molar-refractivity contribution in [3.05, 3.63) is 0 Å². The Kier molecular flexibility index (Phi) is 5.55. The van der Waals surface area contributed by atoms with Crippen molar-refractivity contribution in [1.82, 2.24) is 5.32 Å². The maximum Gasteiger partial charge on any atom is 0.303 e. The average Bonchev–Trinajstić information content (AvgIpc) is 2.28. The molecule has 1 amide bonds. The summed E-state index contributed by atoms with van der Waals surface area (Å²) in [5, 5.41) is 11.6. The van der Waals surface area contributed by atoms with Gasteiger partial charge in [-0.3, -0.25) is 9.59 Å². The number of rotatable bonds is 8. The van der Waals surface area contributed by atoms with Gasteiger partial charge in [-0.15, -0.1) is 0 Å². The topological polar surface area (TPSA) is 102 Å². The van der Waals surface area contributed by atoms with E-state index in [2.05, 4.69) is 5.32 Å². The van der Waals surface area contributed by atoms with Crippen molar-refractivity contribution in [2.75, 3.05) is 20.2 Å². The molecule has 0 bridgehead atoms. The minimum absolute atomic E-state index is 0.123. The molecule has 0 aromatic heterocycles. The molecule has 0 aliphatic heterocycles. The molecule has 0 aromatic rings. The number of methoxy groups -OCH3 is 1. The molecule has 0 aromatic carbocycles. The molecule has 1 saturated carbocycles. The normalized spacial score (nSPS) is 18.8. The third kappa shape index (κ3) is 4.27. The van der Waals surface area contributed by atoms with Crippen molar-refractivity contribution >= 4 is 11.9 Å². The van der Waals surface area contributed by atoms with Gasteiger partial charge in [0.2, 0.25) is 5.91 Å². The number of carboxylic acids is 1. The molecule has 104 valence electrons. The first-order valence-corrected chi connectivity index (χ1v) is 6.23. The molecule has 0 spiro atoms. The van der Waals surface area contributed by atoms with Crippen molar-refractivity contribution in [2.24, 2.45) is 11.1 Å². The molecule has 1 rings (SSSR count). The Labute approximate surface area is 107 Å². The first kappa shape index (κ1) is 14.9. The smallest absolute Gasteiger partial charge is 0.303 e. The van der Waals surface area contributed by atoms with E-state index in [1.165, 1.54) is 7.11 Å². The summed E-state index contributed by atoms with van der Waals surface area (Å²) in [6.07, 6.45) is 2.83. The van der Waals surface area contributed by atoms with Crippen LogP contribution in [0.25, 0.3) is 0 Å². The van der Waals surface area contributed by atoms with E-state index in [-0.39, 0.29) is 30.3 Å². The number of nitrogens with two attached hydrogens (primary N) is 1. The Morgan fingerprint density at radius 1 is 1.50 bits per heavy atom. The molecule has 6 heteroatoms. The molecule has 1 atom stereocenters. The molecule has 18 heavy (non-hydrogen) atoms. The van der Waals surface area contributed by atoms with Gasteiger partial charge >= 0.3 is 5.97 Å². The zero-order valence-corrected chi connectivity index (χ0v) is 10.8. The highest BCUT2D eigenvalue weighted by Gasteiger charge is 2.39. The fourth-order valence-corrected chi connectivity index (χ4v) is 2.24. The number of hydrogen-bond acceptors (Lipinski definition) is 4. The third-order valence-corrected chi connectivity index (χ3v) is 3.61. The highest BCUT2D eigenvalue weighted by molar-refractivity contribution is 5.76. The summed E-state index contributed by atoms with van der Waals surface area (Å²) in [5.41, 5.74) is 5.19. The Morgan fingerprint density at radius 2 is 2.17 bits per heavy atom. The minimum atomic E-state index is -0.805. The number of ether oxygens (including phenoxy) is 1. The number of nitrogens with one attached hydrogen (secondary N) is 1. The maximum atomic E-state index is 11.6. The Balaban J connectivity index is 2.34. The van der Waals surface area contributed by atoms with Crippen molar-refractivity contribution in [3.8, 4) is 0 Å². The molecule has 1 aliphatic rings. The zero-order chi connectivity index (χ0) is 13.6. The summed E-state index contributed by atoms with van der Waals surface area (Å²) >= 11 is 0. The second kappa shape index (κ2) is 6.70. The van der Waals surface area contributed by atoms with Gasteiger partial charge in [0, 0.05) is 20.2 Å². The van der Waals surface area contributed by atoms with Gasteiger partial charge in [0.15, 0.2) is 0 Å². The van der Waals surface area contributed by atoms with E-state index < -0.39 is 5.97 Å². The molecule has 1 unspecified atom stereocenters. The van der Waals surface area contributed by atoms with Gasteiger partial charge in [0.1, 0.15) is 0 Å². The van der Waals surface area contributed by atoms with Crippen LogP contribution >= 0.6 is 0 Å². The van der Waals surface area contributed by atoms with Crippen molar-refractivity contribution in [3.63, 3.8) is 0 Å². The minimum Gasteiger partial charge on any atom is -0.481 e. The number of carboxylic acid groups (broad SMARTS) is 1. The quantitative estimate of drug-likeness (QED) is 0.573. The van der Waals surface area contributed by atoms with Crippen molar-refractivity contribution in [2.45, 2.75) is 38.2 Å². The monoisotopic (exact) mass is 258 g/mol. The summed E-state index contributed by atoms with van der Waals surface area (Å²) in [7, 11) is 1.52. The maximum absolute atomic E-state index is 11.6. The Morgan fingerprint density at radius 3 is 2.56 bits per heavy atom. The lowest BCUT2D eigenvalue weighted by Crippen LogP contribution is -2.44. The van der Waals surface area contributed by atoms with Gasteiger partial charge < -0.3 is 20.9 Å². The fourth-order valence-electron chi connectivity index (χ4n) is 2.24. The lowest BCUT2D eigenvalue weighted by atomic mass is 9.66. The fraction of sp³-hybridized carbons (Fsp3) is 0.833. The van der Waals surface area contributed by atoms with E-state index in [1.807, 2.05) is 0 Å². The van der Waals surface area contributed by atoms with E-state index in [0.29, 0.717) is 13.1 Å². The number of hydrogen-bond donors (Lipinski definition) is 3. The number of carbonyl (C=O) groups excluding carboxylic acids is 1. The number of carbonyl (C=O) groups is 2. The van der Waals surface area contributed by atoms with Crippen LogP contribution in [0.1, 0.15) is 32.1 Å².